The monoisotopic (exact) mass is 237 g/mol. The van der Waals surface area contributed by atoms with Crippen molar-refractivity contribution in [2.75, 3.05) is 25.2 Å². The first-order valence-corrected chi connectivity index (χ1v) is 6.46. The number of hydrogen-bond acceptors (Lipinski definition) is 4. The molecule has 0 radical (unpaired) electrons. The lowest BCUT2D eigenvalue weighted by Gasteiger charge is -2.10. The SMILES string of the molecule is COC(=O)c1ccc2c(c1C)NCC2SC. The molecule has 1 aliphatic rings. The van der Waals surface area contributed by atoms with Crippen molar-refractivity contribution in [2.45, 2.75) is 12.2 Å². The van der Waals surface area contributed by atoms with E-state index in [0.29, 0.717) is 10.8 Å². The summed E-state index contributed by atoms with van der Waals surface area (Å²) in [5, 5.41) is 3.85. The number of hydrogen-bond donors (Lipinski definition) is 1. The van der Waals surface area contributed by atoms with Crippen LogP contribution in [-0.2, 0) is 4.74 Å². The van der Waals surface area contributed by atoms with Crippen molar-refractivity contribution < 1.29 is 9.53 Å². The predicted octanol–water partition coefficient (Wildman–Crippen LogP) is 2.61. The zero-order valence-corrected chi connectivity index (χ0v) is 10.5. The molecule has 0 aliphatic carbocycles. The molecule has 0 bridgehead atoms. The summed E-state index contributed by atoms with van der Waals surface area (Å²) in [6, 6.07) is 3.88. The van der Waals surface area contributed by atoms with Gasteiger partial charge in [-0.05, 0) is 30.4 Å². The Morgan fingerprint density at radius 1 is 1.56 bits per heavy atom. The molecule has 1 aromatic carbocycles. The molecule has 0 amide bonds. The van der Waals surface area contributed by atoms with Crippen LogP contribution in [-0.4, -0.2) is 25.9 Å². The number of benzene rings is 1. The van der Waals surface area contributed by atoms with Crippen molar-refractivity contribution in [3.63, 3.8) is 0 Å². The van der Waals surface area contributed by atoms with Crippen molar-refractivity contribution in [3.05, 3.63) is 28.8 Å². The number of fused-ring (bicyclic) bond motifs is 1. The number of esters is 1. The van der Waals surface area contributed by atoms with Gasteiger partial charge in [-0.2, -0.15) is 11.8 Å². The van der Waals surface area contributed by atoms with Crippen LogP contribution in [0.1, 0.15) is 26.7 Å². The first-order chi connectivity index (χ1) is 7.69. The average molecular weight is 237 g/mol. The maximum absolute atomic E-state index is 11.5. The molecule has 0 aromatic heterocycles. The third kappa shape index (κ3) is 1.67. The van der Waals surface area contributed by atoms with Crippen LogP contribution >= 0.6 is 11.8 Å². The van der Waals surface area contributed by atoms with Crippen molar-refractivity contribution in [2.24, 2.45) is 0 Å². The smallest absolute Gasteiger partial charge is 0.338 e. The Morgan fingerprint density at radius 2 is 2.31 bits per heavy atom. The molecule has 1 aromatic rings. The van der Waals surface area contributed by atoms with E-state index in [9.17, 15) is 4.79 Å². The molecule has 0 saturated carbocycles. The fourth-order valence-electron chi connectivity index (χ4n) is 2.08. The fraction of sp³-hybridized carbons (Fsp3) is 0.417. The van der Waals surface area contributed by atoms with Gasteiger partial charge in [-0.3, -0.25) is 0 Å². The summed E-state index contributed by atoms with van der Waals surface area (Å²) in [6.45, 7) is 2.89. The van der Waals surface area contributed by atoms with Gasteiger partial charge in [0.15, 0.2) is 0 Å². The summed E-state index contributed by atoms with van der Waals surface area (Å²) in [6.07, 6.45) is 2.10. The van der Waals surface area contributed by atoms with Crippen LogP contribution in [0.15, 0.2) is 12.1 Å². The van der Waals surface area contributed by atoms with Gasteiger partial charge in [0.1, 0.15) is 0 Å². The number of carbonyl (C=O) groups excluding carboxylic acids is 1. The Labute approximate surface area is 99.6 Å². The molecule has 4 heteroatoms. The van der Waals surface area contributed by atoms with E-state index in [0.717, 1.165) is 17.8 Å². The highest BCUT2D eigenvalue weighted by Gasteiger charge is 2.25. The molecular weight excluding hydrogens is 222 g/mol. The molecule has 0 spiro atoms. The predicted molar refractivity (Wildman–Crippen MR) is 67.3 cm³/mol. The first-order valence-electron chi connectivity index (χ1n) is 5.17. The second-order valence-corrected chi connectivity index (χ2v) is 4.84. The number of methoxy groups -OCH3 is 1. The highest BCUT2D eigenvalue weighted by molar-refractivity contribution is 7.98. The summed E-state index contributed by atoms with van der Waals surface area (Å²) < 4.78 is 4.76. The van der Waals surface area contributed by atoms with E-state index in [1.165, 1.54) is 12.7 Å². The highest BCUT2D eigenvalue weighted by atomic mass is 32.2. The van der Waals surface area contributed by atoms with Gasteiger partial charge in [0.2, 0.25) is 0 Å². The standard InChI is InChI=1S/C12H15NO2S/c1-7-8(12(14)15-2)4-5-9-10(16-3)6-13-11(7)9/h4-5,10,13H,6H2,1-3H3. The van der Waals surface area contributed by atoms with E-state index in [4.69, 9.17) is 4.74 Å². The third-order valence-electron chi connectivity index (χ3n) is 3.00. The summed E-state index contributed by atoms with van der Waals surface area (Å²) >= 11 is 1.83. The molecule has 1 heterocycles. The molecule has 0 fully saturated rings. The van der Waals surface area contributed by atoms with Gasteiger partial charge in [0, 0.05) is 17.5 Å². The minimum absolute atomic E-state index is 0.269. The van der Waals surface area contributed by atoms with Crippen LogP contribution < -0.4 is 5.32 Å². The second kappa shape index (κ2) is 4.37. The van der Waals surface area contributed by atoms with E-state index < -0.39 is 0 Å². The van der Waals surface area contributed by atoms with Gasteiger partial charge in [0.25, 0.3) is 0 Å². The third-order valence-corrected chi connectivity index (χ3v) is 3.99. The molecule has 86 valence electrons. The molecular formula is C12H15NO2S. The molecule has 1 aliphatic heterocycles. The number of nitrogens with one attached hydrogen (secondary N) is 1. The summed E-state index contributed by atoms with van der Waals surface area (Å²) in [4.78, 5) is 11.5. The Balaban J connectivity index is 2.46. The van der Waals surface area contributed by atoms with E-state index in [2.05, 4.69) is 11.6 Å². The van der Waals surface area contributed by atoms with Crippen LogP contribution in [0.5, 0.6) is 0 Å². The molecule has 16 heavy (non-hydrogen) atoms. The van der Waals surface area contributed by atoms with E-state index in [1.807, 2.05) is 30.8 Å². The fourth-order valence-corrected chi connectivity index (χ4v) is 2.78. The maximum Gasteiger partial charge on any atom is 0.338 e. The van der Waals surface area contributed by atoms with Gasteiger partial charge >= 0.3 is 5.97 Å². The lowest BCUT2D eigenvalue weighted by molar-refractivity contribution is 0.0600. The van der Waals surface area contributed by atoms with Gasteiger partial charge < -0.3 is 10.1 Å². The second-order valence-electron chi connectivity index (χ2n) is 3.80. The largest absolute Gasteiger partial charge is 0.465 e. The number of rotatable bonds is 2. The van der Waals surface area contributed by atoms with E-state index >= 15 is 0 Å². The molecule has 1 N–H and O–H groups in total. The number of thioether (sulfide) groups is 1. The van der Waals surface area contributed by atoms with Crippen LogP contribution in [0.3, 0.4) is 0 Å². The highest BCUT2D eigenvalue weighted by Crippen LogP contribution is 2.40. The molecule has 0 saturated heterocycles. The van der Waals surface area contributed by atoms with Crippen LogP contribution in [0.2, 0.25) is 0 Å². The van der Waals surface area contributed by atoms with E-state index in [-0.39, 0.29) is 5.97 Å². The van der Waals surface area contributed by atoms with Gasteiger partial charge in [-0.15, -0.1) is 0 Å². The minimum atomic E-state index is -0.269. The molecule has 1 unspecified atom stereocenters. The first kappa shape index (κ1) is 11.3. The van der Waals surface area contributed by atoms with E-state index in [1.54, 1.807) is 0 Å². The zero-order valence-electron chi connectivity index (χ0n) is 9.66. The molecule has 2 rings (SSSR count). The topological polar surface area (TPSA) is 38.3 Å². The van der Waals surface area contributed by atoms with Crippen LogP contribution in [0.4, 0.5) is 5.69 Å². The summed E-state index contributed by atoms with van der Waals surface area (Å²) in [5.74, 6) is -0.269. The lowest BCUT2D eigenvalue weighted by Crippen LogP contribution is -2.05. The number of carbonyl (C=O) groups is 1. The Hall–Kier alpha value is -1.16. The quantitative estimate of drug-likeness (QED) is 0.802. The Bertz CT molecular complexity index is 431. The summed E-state index contributed by atoms with van der Waals surface area (Å²) in [5.41, 5.74) is 4.02. The molecule has 1 atom stereocenters. The summed E-state index contributed by atoms with van der Waals surface area (Å²) in [7, 11) is 1.41. The average Bonchev–Trinajstić information content (AvgIpc) is 2.72. The van der Waals surface area contributed by atoms with Crippen molar-refractivity contribution in [1.82, 2.24) is 0 Å². The van der Waals surface area contributed by atoms with Crippen LogP contribution in [0, 0.1) is 6.92 Å². The van der Waals surface area contributed by atoms with Gasteiger partial charge in [-0.1, -0.05) is 6.07 Å². The normalized spacial score (nSPS) is 17.8. The molecule has 3 nitrogen and oxygen atoms in total. The van der Waals surface area contributed by atoms with Crippen molar-refractivity contribution >= 4 is 23.4 Å². The Morgan fingerprint density at radius 3 is 2.94 bits per heavy atom. The maximum atomic E-state index is 11.5. The minimum Gasteiger partial charge on any atom is -0.465 e. The van der Waals surface area contributed by atoms with Crippen molar-refractivity contribution in [1.29, 1.82) is 0 Å². The lowest BCUT2D eigenvalue weighted by atomic mass is 10.0. The van der Waals surface area contributed by atoms with Crippen molar-refractivity contribution in [3.8, 4) is 0 Å². The number of anilines is 1. The number of ether oxygens (including phenoxy) is 1. The van der Waals surface area contributed by atoms with Crippen LogP contribution in [0.25, 0.3) is 0 Å². The zero-order chi connectivity index (χ0) is 11.7. The van der Waals surface area contributed by atoms with Gasteiger partial charge in [-0.25, -0.2) is 4.79 Å². The Kier molecular flexibility index (Phi) is 3.10. The van der Waals surface area contributed by atoms with Gasteiger partial charge in [0.05, 0.1) is 12.7 Å².